The van der Waals surface area contributed by atoms with Crippen molar-refractivity contribution in [1.29, 1.82) is 0 Å². The van der Waals surface area contributed by atoms with Gasteiger partial charge in [-0.2, -0.15) is 0 Å². The first-order valence-corrected chi connectivity index (χ1v) is 7.60. The Kier molecular flexibility index (Phi) is 6.99. The lowest BCUT2D eigenvalue weighted by atomic mass is 9.94. The normalized spacial score (nSPS) is 27.2. The lowest BCUT2D eigenvalue weighted by molar-refractivity contribution is -0.146. The summed E-state index contributed by atoms with van der Waals surface area (Å²) in [7, 11) is 0. The molecule has 1 aliphatic carbocycles. The van der Waals surface area contributed by atoms with Crippen molar-refractivity contribution in [3.05, 3.63) is 0 Å². The zero-order chi connectivity index (χ0) is 15.1. The summed E-state index contributed by atoms with van der Waals surface area (Å²) in [6, 6.07) is 0. The number of hydrogen-bond donors (Lipinski definition) is 3. The minimum atomic E-state index is -0.866. The molecule has 0 aromatic rings. The maximum Gasteiger partial charge on any atom is 0.307 e. The third-order valence-corrected chi connectivity index (χ3v) is 4.25. The Morgan fingerprint density at radius 1 is 1.25 bits per heavy atom. The van der Waals surface area contributed by atoms with Gasteiger partial charge >= 0.3 is 5.97 Å². The number of carbonyl (C=O) groups is 2. The van der Waals surface area contributed by atoms with Gasteiger partial charge in [-0.15, -0.1) is 0 Å². The van der Waals surface area contributed by atoms with E-state index in [1.165, 1.54) is 0 Å². The van der Waals surface area contributed by atoms with Gasteiger partial charge in [-0.1, -0.05) is 20.3 Å². The number of hydrogen-bond acceptors (Lipinski definition) is 3. The Hall–Kier alpha value is -1.10. The van der Waals surface area contributed by atoms with E-state index in [0.717, 1.165) is 12.8 Å². The predicted molar refractivity (Wildman–Crippen MR) is 76.1 cm³/mol. The van der Waals surface area contributed by atoms with Crippen LogP contribution < -0.4 is 5.32 Å². The van der Waals surface area contributed by atoms with Crippen molar-refractivity contribution < 1.29 is 19.8 Å². The molecular formula is C15H27NO4. The Balaban J connectivity index is 2.50. The molecule has 0 aliphatic heterocycles. The SMILES string of the molecule is CCCC(CCO)CNC(=O)C1CC(C)CC1C(=O)O. The molecule has 1 aliphatic rings. The molecule has 0 spiro atoms. The molecule has 3 N–H and O–H groups in total. The number of carboxylic acid groups (broad SMARTS) is 1. The largest absolute Gasteiger partial charge is 0.481 e. The summed E-state index contributed by atoms with van der Waals surface area (Å²) in [5, 5.41) is 21.1. The van der Waals surface area contributed by atoms with Gasteiger partial charge in [0.05, 0.1) is 11.8 Å². The van der Waals surface area contributed by atoms with E-state index in [2.05, 4.69) is 12.2 Å². The summed E-state index contributed by atoms with van der Waals surface area (Å²) in [6.45, 7) is 4.73. The number of aliphatic hydroxyl groups is 1. The van der Waals surface area contributed by atoms with Crippen molar-refractivity contribution >= 4 is 11.9 Å². The topological polar surface area (TPSA) is 86.6 Å². The van der Waals surface area contributed by atoms with Gasteiger partial charge in [0.15, 0.2) is 0 Å². The fourth-order valence-corrected chi connectivity index (χ4v) is 3.17. The number of amides is 1. The summed E-state index contributed by atoms with van der Waals surface area (Å²) in [5.41, 5.74) is 0. The van der Waals surface area contributed by atoms with Crippen molar-refractivity contribution in [3.63, 3.8) is 0 Å². The standard InChI is InChI=1S/C15H27NO4/c1-3-4-11(5-6-17)9-16-14(18)12-7-10(2)8-13(12)15(19)20/h10-13,17H,3-9H2,1-2H3,(H,16,18)(H,19,20). The Bertz CT molecular complexity index is 326. The highest BCUT2D eigenvalue weighted by Crippen LogP contribution is 2.36. The number of carbonyl (C=O) groups excluding carboxylic acids is 1. The van der Waals surface area contributed by atoms with Crippen molar-refractivity contribution in [2.24, 2.45) is 23.7 Å². The van der Waals surface area contributed by atoms with Crippen LogP contribution in [0, 0.1) is 23.7 Å². The second-order valence-corrected chi connectivity index (χ2v) is 6.04. The highest BCUT2D eigenvalue weighted by molar-refractivity contribution is 5.85. The van der Waals surface area contributed by atoms with Gasteiger partial charge in [0.1, 0.15) is 0 Å². The second-order valence-electron chi connectivity index (χ2n) is 6.04. The van der Waals surface area contributed by atoms with Crippen LogP contribution in [0.3, 0.4) is 0 Å². The maximum absolute atomic E-state index is 12.2. The van der Waals surface area contributed by atoms with Crippen LogP contribution in [-0.2, 0) is 9.59 Å². The Morgan fingerprint density at radius 2 is 1.90 bits per heavy atom. The summed E-state index contributed by atoms with van der Waals surface area (Å²) in [6.07, 6.45) is 3.89. The number of aliphatic hydroxyl groups excluding tert-OH is 1. The molecule has 1 amide bonds. The van der Waals surface area contributed by atoms with Gasteiger partial charge in [-0.3, -0.25) is 9.59 Å². The second kappa shape index (κ2) is 8.25. The molecule has 1 saturated carbocycles. The van der Waals surface area contributed by atoms with Crippen LogP contribution in [-0.4, -0.2) is 35.2 Å². The molecular weight excluding hydrogens is 258 g/mol. The van der Waals surface area contributed by atoms with E-state index in [4.69, 9.17) is 5.11 Å². The minimum Gasteiger partial charge on any atom is -0.481 e. The van der Waals surface area contributed by atoms with E-state index >= 15 is 0 Å². The van der Waals surface area contributed by atoms with Crippen LogP contribution in [0.2, 0.25) is 0 Å². The number of rotatable bonds is 8. The third-order valence-electron chi connectivity index (χ3n) is 4.25. The van der Waals surface area contributed by atoms with Crippen LogP contribution in [0.15, 0.2) is 0 Å². The van der Waals surface area contributed by atoms with E-state index in [1.807, 2.05) is 6.92 Å². The highest BCUT2D eigenvalue weighted by Gasteiger charge is 2.41. The van der Waals surface area contributed by atoms with Crippen LogP contribution in [0.25, 0.3) is 0 Å². The van der Waals surface area contributed by atoms with Gasteiger partial charge in [0.2, 0.25) is 5.91 Å². The Labute approximate surface area is 120 Å². The number of aliphatic carboxylic acids is 1. The summed E-state index contributed by atoms with van der Waals surface area (Å²) >= 11 is 0. The smallest absolute Gasteiger partial charge is 0.307 e. The molecule has 0 bridgehead atoms. The van der Waals surface area contributed by atoms with E-state index in [0.29, 0.717) is 25.8 Å². The molecule has 4 unspecified atom stereocenters. The highest BCUT2D eigenvalue weighted by atomic mass is 16.4. The fourth-order valence-electron chi connectivity index (χ4n) is 3.17. The minimum absolute atomic E-state index is 0.124. The maximum atomic E-state index is 12.2. The van der Waals surface area contributed by atoms with Crippen LogP contribution in [0.5, 0.6) is 0 Å². The summed E-state index contributed by atoms with van der Waals surface area (Å²) < 4.78 is 0. The predicted octanol–water partition coefficient (Wildman–Crippen LogP) is 1.65. The molecule has 116 valence electrons. The van der Waals surface area contributed by atoms with Gasteiger partial charge < -0.3 is 15.5 Å². The number of nitrogens with one attached hydrogen (secondary N) is 1. The first-order valence-electron chi connectivity index (χ1n) is 7.60. The van der Waals surface area contributed by atoms with Gasteiger partial charge in [-0.05, 0) is 37.5 Å². The first kappa shape index (κ1) is 17.0. The lowest BCUT2D eigenvalue weighted by Gasteiger charge is -2.19. The van der Waals surface area contributed by atoms with E-state index < -0.39 is 17.8 Å². The molecule has 0 radical (unpaired) electrons. The molecule has 4 atom stereocenters. The van der Waals surface area contributed by atoms with Crippen LogP contribution in [0.1, 0.15) is 46.0 Å². The van der Waals surface area contributed by atoms with Crippen LogP contribution in [0.4, 0.5) is 0 Å². The van der Waals surface area contributed by atoms with Crippen molar-refractivity contribution in [1.82, 2.24) is 5.32 Å². The fraction of sp³-hybridized carbons (Fsp3) is 0.867. The molecule has 1 rings (SSSR count). The van der Waals surface area contributed by atoms with Gasteiger partial charge in [0.25, 0.3) is 0 Å². The van der Waals surface area contributed by atoms with Crippen LogP contribution >= 0.6 is 0 Å². The van der Waals surface area contributed by atoms with E-state index in [-0.39, 0.29) is 24.3 Å². The summed E-state index contributed by atoms with van der Waals surface area (Å²) in [4.78, 5) is 23.4. The molecule has 5 nitrogen and oxygen atoms in total. The average Bonchev–Trinajstić information content (AvgIpc) is 2.78. The zero-order valence-electron chi connectivity index (χ0n) is 12.5. The monoisotopic (exact) mass is 285 g/mol. The quantitative estimate of drug-likeness (QED) is 0.633. The third kappa shape index (κ3) is 4.78. The molecule has 0 saturated heterocycles. The van der Waals surface area contributed by atoms with Crippen molar-refractivity contribution in [2.75, 3.05) is 13.2 Å². The molecule has 0 aromatic carbocycles. The average molecular weight is 285 g/mol. The van der Waals surface area contributed by atoms with E-state index in [1.54, 1.807) is 0 Å². The van der Waals surface area contributed by atoms with Gasteiger partial charge in [-0.25, -0.2) is 0 Å². The lowest BCUT2D eigenvalue weighted by Crippen LogP contribution is -2.38. The van der Waals surface area contributed by atoms with Crippen molar-refractivity contribution in [3.8, 4) is 0 Å². The summed E-state index contributed by atoms with van der Waals surface area (Å²) in [5.74, 6) is -1.39. The molecule has 5 heteroatoms. The van der Waals surface area contributed by atoms with Gasteiger partial charge in [0, 0.05) is 13.2 Å². The molecule has 1 fully saturated rings. The molecule has 0 aromatic heterocycles. The Morgan fingerprint density at radius 3 is 2.45 bits per heavy atom. The first-order chi connectivity index (χ1) is 9.49. The van der Waals surface area contributed by atoms with E-state index in [9.17, 15) is 14.7 Å². The molecule has 0 heterocycles. The molecule has 20 heavy (non-hydrogen) atoms. The zero-order valence-corrected chi connectivity index (χ0v) is 12.5. The number of carboxylic acids is 1. The van der Waals surface area contributed by atoms with Crippen molar-refractivity contribution in [2.45, 2.75) is 46.0 Å².